The molecular weight excluding hydrogens is 280 g/mol. The molecule has 0 fully saturated rings. The highest BCUT2D eigenvalue weighted by Gasteiger charge is 2.06. The molecule has 3 aromatic rings. The number of fused-ring (bicyclic) bond motifs is 1. The normalized spacial score (nSPS) is 10.8. The van der Waals surface area contributed by atoms with Crippen LogP contribution in [0.5, 0.6) is 0 Å². The van der Waals surface area contributed by atoms with E-state index >= 15 is 0 Å². The van der Waals surface area contributed by atoms with E-state index in [-0.39, 0.29) is 0 Å². The van der Waals surface area contributed by atoms with Crippen molar-refractivity contribution in [2.45, 2.75) is 6.92 Å². The van der Waals surface area contributed by atoms with Crippen LogP contribution < -0.4 is 10.2 Å². The summed E-state index contributed by atoms with van der Waals surface area (Å²) in [6.45, 7) is 3.85. The van der Waals surface area contributed by atoms with Gasteiger partial charge in [0.1, 0.15) is 17.0 Å². The maximum Gasteiger partial charge on any atom is 0.138 e. The first kappa shape index (κ1) is 13.8. The third-order valence-electron chi connectivity index (χ3n) is 3.39. The highest BCUT2D eigenvalue weighted by Crippen LogP contribution is 2.27. The van der Waals surface area contributed by atoms with Crippen molar-refractivity contribution < 1.29 is 0 Å². The molecule has 0 bridgehead atoms. The molecule has 0 spiro atoms. The van der Waals surface area contributed by atoms with Crippen LogP contribution in [0.4, 0.5) is 11.5 Å². The minimum Gasteiger partial charge on any atom is -0.373 e. The maximum absolute atomic E-state index is 4.36. The Morgan fingerprint density at radius 1 is 1.19 bits per heavy atom. The third kappa shape index (κ3) is 3.13. The second kappa shape index (κ2) is 6.10. The Morgan fingerprint density at radius 2 is 2.00 bits per heavy atom. The molecule has 3 rings (SSSR count). The van der Waals surface area contributed by atoms with Crippen molar-refractivity contribution in [2.24, 2.45) is 0 Å². The van der Waals surface area contributed by atoms with Crippen LogP contribution in [0.2, 0.25) is 0 Å². The minimum absolute atomic E-state index is 0.840. The lowest BCUT2D eigenvalue weighted by Gasteiger charge is -2.19. The van der Waals surface area contributed by atoms with E-state index in [1.165, 1.54) is 10.6 Å². The van der Waals surface area contributed by atoms with Crippen molar-refractivity contribution in [3.05, 3.63) is 47.6 Å². The number of para-hydroxylation sites is 1. The van der Waals surface area contributed by atoms with E-state index in [9.17, 15) is 0 Å². The monoisotopic (exact) mass is 298 g/mol. The van der Waals surface area contributed by atoms with Gasteiger partial charge < -0.3 is 10.2 Å². The summed E-state index contributed by atoms with van der Waals surface area (Å²) in [6, 6.07) is 12.5. The van der Waals surface area contributed by atoms with Gasteiger partial charge in [-0.25, -0.2) is 9.97 Å². The summed E-state index contributed by atoms with van der Waals surface area (Å²) >= 11 is 1.70. The standard InChI is InChI=1S/C16H18N4S/c1-12-10-14-15(18-11-19-16(14)21-12)17-8-9-20(2)13-6-4-3-5-7-13/h3-7,10-11H,8-9H2,1-2H3,(H,17,18,19). The van der Waals surface area contributed by atoms with Crippen molar-refractivity contribution >= 4 is 33.1 Å². The van der Waals surface area contributed by atoms with E-state index in [0.29, 0.717) is 0 Å². The molecule has 0 amide bonds. The predicted molar refractivity (Wildman–Crippen MR) is 90.4 cm³/mol. The molecular formula is C16H18N4S. The van der Waals surface area contributed by atoms with E-state index < -0.39 is 0 Å². The lowest BCUT2D eigenvalue weighted by molar-refractivity contribution is 0.910. The van der Waals surface area contributed by atoms with E-state index in [0.717, 1.165) is 29.1 Å². The number of aromatic nitrogens is 2. The maximum atomic E-state index is 4.36. The summed E-state index contributed by atoms with van der Waals surface area (Å²) in [6.07, 6.45) is 1.63. The zero-order valence-corrected chi connectivity index (χ0v) is 13.0. The number of rotatable bonds is 5. The predicted octanol–water partition coefficient (Wildman–Crippen LogP) is 3.55. The Morgan fingerprint density at radius 3 is 2.81 bits per heavy atom. The number of benzene rings is 1. The topological polar surface area (TPSA) is 41.0 Å². The Balaban J connectivity index is 1.64. The van der Waals surface area contributed by atoms with Crippen LogP contribution >= 0.6 is 11.3 Å². The van der Waals surface area contributed by atoms with Crippen molar-refractivity contribution in [1.29, 1.82) is 0 Å². The van der Waals surface area contributed by atoms with Gasteiger partial charge in [0.05, 0.1) is 5.39 Å². The molecule has 1 N–H and O–H groups in total. The van der Waals surface area contributed by atoms with Gasteiger partial charge in [-0.05, 0) is 25.1 Å². The lowest BCUT2D eigenvalue weighted by Crippen LogP contribution is -2.24. The van der Waals surface area contributed by atoms with Crippen molar-refractivity contribution in [3.63, 3.8) is 0 Å². The summed E-state index contributed by atoms with van der Waals surface area (Å²) in [5.74, 6) is 0.922. The van der Waals surface area contributed by atoms with Gasteiger partial charge in [0.2, 0.25) is 0 Å². The average Bonchev–Trinajstić information content (AvgIpc) is 2.89. The van der Waals surface area contributed by atoms with Crippen molar-refractivity contribution in [3.8, 4) is 0 Å². The number of thiophene rings is 1. The van der Waals surface area contributed by atoms with Gasteiger partial charge in [-0.3, -0.25) is 0 Å². The van der Waals surface area contributed by atoms with Crippen molar-refractivity contribution in [1.82, 2.24) is 9.97 Å². The smallest absolute Gasteiger partial charge is 0.138 e. The minimum atomic E-state index is 0.840. The highest BCUT2D eigenvalue weighted by molar-refractivity contribution is 7.18. The number of nitrogens with one attached hydrogen (secondary N) is 1. The lowest BCUT2D eigenvalue weighted by atomic mass is 10.3. The van der Waals surface area contributed by atoms with Gasteiger partial charge >= 0.3 is 0 Å². The summed E-state index contributed by atoms with van der Waals surface area (Å²) in [5, 5.41) is 4.53. The number of anilines is 2. The Labute approximate surface area is 128 Å². The SMILES string of the molecule is Cc1cc2c(NCCN(C)c3ccccc3)ncnc2s1. The number of nitrogens with zero attached hydrogens (tertiary/aromatic N) is 3. The fraction of sp³-hybridized carbons (Fsp3) is 0.250. The zero-order chi connectivity index (χ0) is 14.7. The molecule has 108 valence electrons. The number of likely N-dealkylation sites (N-methyl/N-ethyl adjacent to an activating group) is 1. The van der Waals surface area contributed by atoms with Gasteiger partial charge in [0.25, 0.3) is 0 Å². The van der Waals surface area contributed by atoms with Crippen LogP contribution in [0.1, 0.15) is 4.88 Å². The number of hydrogen-bond donors (Lipinski definition) is 1. The molecule has 0 aliphatic carbocycles. The third-order valence-corrected chi connectivity index (χ3v) is 4.35. The molecule has 1 aromatic carbocycles. The van der Waals surface area contributed by atoms with Crippen LogP contribution in [-0.4, -0.2) is 30.1 Å². The molecule has 2 aromatic heterocycles. The van der Waals surface area contributed by atoms with Crippen LogP contribution in [0.25, 0.3) is 10.2 Å². The Hall–Kier alpha value is -2.14. The molecule has 0 radical (unpaired) electrons. The van der Waals surface area contributed by atoms with Crippen LogP contribution in [0, 0.1) is 6.92 Å². The van der Waals surface area contributed by atoms with Crippen LogP contribution in [-0.2, 0) is 0 Å². The number of hydrogen-bond acceptors (Lipinski definition) is 5. The summed E-state index contributed by atoms with van der Waals surface area (Å²) in [7, 11) is 2.10. The summed E-state index contributed by atoms with van der Waals surface area (Å²) in [5.41, 5.74) is 1.22. The second-order valence-corrected chi connectivity index (χ2v) is 6.22. The fourth-order valence-corrected chi connectivity index (χ4v) is 3.12. The van der Waals surface area contributed by atoms with E-state index in [2.05, 4.69) is 64.5 Å². The Bertz CT molecular complexity index is 723. The molecule has 0 aliphatic rings. The highest BCUT2D eigenvalue weighted by atomic mass is 32.1. The summed E-state index contributed by atoms with van der Waals surface area (Å²) in [4.78, 5) is 13.2. The van der Waals surface area contributed by atoms with E-state index in [1.807, 2.05) is 6.07 Å². The zero-order valence-electron chi connectivity index (χ0n) is 12.2. The largest absolute Gasteiger partial charge is 0.373 e. The molecule has 2 heterocycles. The van der Waals surface area contributed by atoms with E-state index in [4.69, 9.17) is 0 Å². The molecule has 0 saturated carbocycles. The van der Waals surface area contributed by atoms with Crippen LogP contribution in [0.3, 0.4) is 0 Å². The first-order valence-electron chi connectivity index (χ1n) is 6.95. The first-order chi connectivity index (χ1) is 10.2. The second-order valence-electron chi connectivity index (χ2n) is 4.98. The quantitative estimate of drug-likeness (QED) is 0.782. The molecule has 4 nitrogen and oxygen atoms in total. The van der Waals surface area contributed by atoms with Crippen molar-refractivity contribution in [2.75, 3.05) is 30.4 Å². The fourth-order valence-electron chi connectivity index (χ4n) is 2.27. The molecule has 21 heavy (non-hydrogen) atoms. The number of aryl methyl sites for hydroxylation is 1. The van der Waals surface area contributed by atoms with Gasteiger partial charge in [0.15, 0.2) is 0 Å². The molecule has 5 heteroatoms. The van der Waals surface area contributed by atoms with E-state index in [1.54, 1.807) is 17.7 Å². The van der Waals surface area contributed by atoms with Gasteiger partial charge in [-0.2, -0.15) is 0 Å². The average molecular weight is 298 g/mol. The molecule has 0 saturated heterocycles. The molecule has 0 aliphatic heterocycles. The molecule has 0 unspecified atom stereocenters. The molecule has 0 atom stereocenters. The van der Waals surface area contributed by atoms with Gasteiger partial charge in [-0.15, -0.1) is 11.3 Å². The van der Waals surface area contributed by atoms with Crippen LogP contribution in [0.15, 0.2) is 42.7 Å². The summed E-state index contributed by atoms with van der Waals surface area (Å²) < 4.78 is 0. The first-order valence-corrected chi connectivity index (χ1v) is 7.77. The van der Waals surface area contributed by atoms with Gasteiger partial charge in [0, 0.05) is 30.7 Å². The van der Waals surface area contributed by atoms with Gasteiger partial charge in [-0.1, -0.05) is 18.2 Å². The Kier molecular flexibility index (Phi) is 4.01.